The molecule has 4 heteroatoms. The zero-order chi connectivity index (χ0) is 15.2. The Hall–Kier alpha value is -0.740. The van der Waals surface area contributed by atoms with Crippen molar-refractivity contribution in [2.75, 3.05) is 13.7 Å². The van der Waals surface area contributed by atoms with Gasteiger partial charge in [-0.3, -0.25) is 0 Å². The molecule has 0 radical (unpaired) electrons. The van der Waals surface area contributed by atoms with Crippen molar-refractivity contribution < 1.29 is 9.47 Å². The highest BCUT2D eigenvalue weighted by molar-refractivity contribution is 9.10. The Balaban J connectivity index is 2.21. The van der Waals surface area contributed by atoms with E-state index >= 15 is 0 Å². The van der Waals surface area contributed by atoms with Crippen LogP contribution in [0.5, 0.6) is 11.5 Å². The Bertz CT molecular complexity index is 464. The molecule has 2 atom stereocenters. The summed E-state index contributed by atoms with van der Waals surface area (Å²) < 4.78 is 12.8. The van der Waals surface area contributed by atoms with Crippen LogP contribution in [0.4, 0.5) is 0 Å². The number of rotatable bonds is 6. The average Bonchev–Trinajstić information content (AvgIpc) is 2.50. The summed E-state index contributed by atoms with van der Waals surface area (Å²) in [6.07, 6.45) is 7.31. The van der Waals surface area contributed by atoms with E-state index in [4.69, 9.17) is 15.2 Å². The third-order valence-electron chi connectivity index (χ3n) is 4.36. The first-order valence-electron chi connectivity index (χ1n) is 7.92. The fourth-order valence-electron chi connectivity index (χ4n) is 3.15. The number of benzene rings is 1. The molecule has 2 unspecified atom stereocenters. The minimum Gasteiger partial charge on any atom is -0.493 e. The molecule has 1 aromatic rings. The van der Waals surface area contributed by atoms with Crippen molar-refractivity contribution in [2.45, 2.75) is 51.6 Å². The number of nitrogens with two attached hydrogens (primary N) is 1. The predicted octanol–water partition coefficient (Wildman–Crippen LogP) is 4.31. The van der Waals surface area contributed by atoms with Gasteiger partial charge in [-0.1, -0.05) is 13.3 Å². The standard InChI is InChI=1S/C17H26BrNO2/c1-3-13-6-4-5-7-15(13)21-17-14(18)10-12(8-9-19)11-16(17)20-2/h10-11,13,15H,3-9,19H2,1-2H3. The van der Waals surface area contributed by atoms with Gasteiger partial charge in [-0.2, -0.15) is 0 Å². The summed E-state index contributed by atoms with van der Waals surface area (Å²) in [4.78, 5) is 0. The molecular formula is C17H26BrNO2. The minimum absolute atomic E-state index is 0.300. The highest BCUT2D eigenvalue weighted by atomic mass is 79.9. The van der Waals surface area contributed by atoms with Crippen molar-refractivity contribution in [2.24, 2.45) is 11.7 Å². The molecular weight excluding hydrogens is 330 g/mol. The second-order valence-electron chi connectivity index (χ2n) is 5.76. The van der Waals surface area contributed by atoms with Gasteiger partial charge in [0.25, 0.3) is 0 Å². The molecule has 0 heterocycles. The first kappa shape index (κ1) is 16.6. The minimum atomic E-state index is 0.300. The number of hydrogen-bond donors (Lipinski definition) is 1. The zero-order valence-corrected chi connectivity index (χ0v) is 14.6. The molecule has 2 rings (SSSR count). The summed E-state index contributed by atoms with van der Waals surface area (Å²) in [5.41, 5.74) is 6.81. The van der Waals surface area contributed by atoms with E-state index in [1.807, 2.05) is 6.07 Å². The second kappa shape index (κ2) is 8.04. The topological polar surface area (TPSA) is 44.5 Å². The van der Waals surface area contributed by atoms with Gasteiger partial charge in [-0.05, 0) is 78.2 Å². The molecule has 21 heavy (non-hydrogen) atoms. The summed E-state index contributed by atoms with van der Waals surface area (Å²) in [7, 11) is 1.69. The van der Waals surface area contributed by atoms with Crippen LogP contribution < -0.4 is 15.2 Å². The first-order valence-corrected chi connectivity index (χ1v) is 8.72. The van der Waals surface area contributed by atoms with Gasteiger partial charge in [0.05, 0.1) is 11.6 Å². The maximum absolute atomic E-state index is 6.34. The van der Waals surface area contributed by atoms with Crippen molar-refractivity contribution in [3.05, 3.63) is 22.2 Å². The van der Waals surface area contributed by atoms with E-state index < -0.39 is 0 Å². The van der Waals surface area contributed by atoms with Crippen LogP contribution >= 0.6 is 15.9 Å². The number of halogens is 1. The Morgan fingerprint density at radius 2 is 2.05 bits per heavy atom. The SMILES string of the molecule is CCC1CCCCC1Oc1c(Br)cc(CCN)cc1OC. The average molecular weight is 356 g/mol. The molecule has 1 aliphatic rings. The van der Waals surface area contributed by atoms with E-state index in [-0.39, 0.29) is 0 Å². The molecule has 0 amide bonds. The number of ether oxygens (including phenoxy) is 2. The van der Waals surface area contributed by atoms with E-state index in [1.165, 1.54) is 31.2 Å². The molecule has 0 bridgehead atoms. The molecule has 1 fully saturated rings. The van der Waals surface area contributed by atoms with Crippen LogP contribution in [-0.4, -0.2) is 19.8 Å². The smallest absolute Gasteiger partial charge is 0.175 e. The van der Waals surface area contributed by atoms with Crippen LogP contribution in [0, 0.1) is 5.92 Å². The Morgan fingerprint density at radius 1 is 1.29 bits per heavy atom. The first-order chi connectivity index (χ1) is 10.2. The van der Waals surface area contributed by atoms with E-state index in [9.17, 15) is 0 Å². The highest BCUT2D eigenvalue weighted by Gasteiger charge is 2.27. The van der Waals surface area contributed by atoms with Crippen LogP contribution in [-0.2, 0) is 6.42 Å². The number of hydrogen-bond acceptors (Lipinski definition) is 3. The maximum atomic E-state index is 6.34. The molecule has 0 aliphatic heterocycles. The van der Waals surface area contributed by atoms with Crippen LogP contribution in [0.2, 0.25) is 0 Å². The Kier molecular flexibility index (Phi) is 6.37. The third-order valence-corrected chi connectivity index (χ3v) is 4.94. The van der Waals surface area contributed by atoms with Crippen LogP contribution in [0.25, 0.3) is 0 Å². The molecule has 1 saturated carbocycles. The molecule has 1 aliphatic carbocycles. The Morgan fingerprint density at radius 3 is 2.71 bits per heavy atom. The molecule has 0 spiro atoms. The summed E-state index contributed by atoms with van der Waals surface area (Å²) in [5.74, 6) is 2.29. The van der Waals surface area contributed by atoms with Gasteiger partial charge in [0, 0.05) is 0 Å². The van der Waals surface area contributed by atoms with Gasteiger partial charge >= 0.3 is 0 Å². The lowest BCUT2D eigenvalue weighted by Gasteiger charge is -2.32. The largest absolute Gasteiger partial charge is 0.493 e. The summed E-state index contributed by atoms with van der Waals surface area (Å²) in [6, 6.07) is 4.13. The van der Waals surface area contributed by atoms with E-state index in [2.05, 4.69) is 28.9 Å². The van der Waals surface area contributed by atoms with Crippen molar-refractivity contribution in [3.8, 4) is 11.5 Å². The summed E-state index contributed by atoms with van der Waals surface area (Å²) >= 11 is 3.63. The van der Waals surface area contributed by atoms with Gasteiger partial charge in [0.1, 0.15) is 6.10 Å². The van der Waals surface area contributed by atoms with E-state index in [0.717, 1.165) is 28.8 Å². The summed E-state index contributed by atoms with van der Waals surface area (Å²) in [6.45, 7) is 2.89. The Labute approximate surface area is 136 Å². The van der Waals surface area contributed by atoms with Crippen LogP contribution in [0.1, 0.15) is 44.6 Å². The highest BCUT2D eigenvalue weighted by Crippen LogP contribution is 2.40. The zero-order valence-electron chi connectivity index (χ0n) is 13.0. The fraction of sp³-hybridized carbons (Fsp3) is 0.647. The van der Waals surface area contributed by atoms with Gasteiger partial charge < -0.3 is 15.2 Å². The normalized spacial score (nSPS) is 22.1. The van der Waals surface area contributed by atoms with E-state index in [0.29, 0.717) is 18.6 Å². The van der Waals surface area contributed by atoms with Crippen LogP contribution in [0.15, 0.2) is 16.6 Å². The van der Waals surface area contributed by atoms with Gasteiger partial charge in [0.2, 0.25) is 0 Å². The third kappa shape index (κ3) is 4.13. The molecule has 1 aromatic carbocycles. The lowest BCUT2D eigenvalue weighted by Crippen LogP contribution is -2.30. The fourth-order valence-corrected chi connectivity index (χ4v) is 3.73. The predicted molar refractivity (Wildman–Crippen MR) is 90.1 cm³/mol. The van der Waals surface area contributed by atoms with E-state index in [1.54, 1.807) is 7.11 Å². The second-order valence-corrected chi connectivity index (χ2v) is 6.61. The monoisotopic (exact) mass is 355 g/mol. The lowest BCUT2D eigenvalue weighted by molar-refractivity contribution is 0.0865. The quantitative estimate of drug-likeness (QED) is 0.826. The molecule has 0 aromatic heterocycles. The van der Waals surface area contributed by atoms with Crippen molar-refractivity contribution in [1.29, 1.82) is 0 Å². The van der Waals surface area contributed by atoms with Crippen molar-refractivity contribution >= 4 is 15.9 Å². The molecule has 0 saturated heterocycles. The number of methoxy groups -OCH3 is 1. The molecule has 2 N–H and O–H groups in total. The van der Waals surface area contributed by atoms with Crippen LogP contribution in [0.3, 0.4) is 0 Å². The van der Waals surface area contributed by atoms with Gasteiger partial charge in [-0.15, -0.1) is 0 Å². The lowest BCUT2D eigenvalue weighted by atomic mass is 9.85. The van der Waals surface area contributed by atoms with Gasteiger partial charge in [0.15, 0.2) is 11.5 Å². The van der Waals surface area contributed by atoms with Crippen molar-refractivity contribution in [3.63, 3.8) is 0 Å². The van der Waals surface area contributed by atoms with Gasteiger partial charge in [-0.25, -0.2) is 0 Å². The summed E-state index contributed by atoms with van der Waals surface area (Å²) in [5, 5.41) is 0. The molecule has 118 valence electrons. The van der Waals surface area contributed by atoms with Crippen molar-refractivity contribution in [1.82, 2.24) is 0 Å². The maximum Gasteiger partial charge on any atom is 0.175 e. The molecule has 3 nitrogen and oxygen atoms in total.